The first-order valence-electron chi connectivity index (χ1n) is 8.55. The van der Waals surface area contributed by atoms with Gasteiger partial charge in [-0.15, -0.1) is 0 Å². The van der Waals surface area contributed by atoms with Crippen LogP contribution in [0, 0.1) is 5.92 Å². The van der Waals surface area contributed by atoms with E-state index in [-0.39, 0.29) is 19.2 Å². The highest BCUT2D eigenvalue weighted by Gasteiger charge is 2.11. The van der Waals surface area contributed by atoms with E-state index in [0.717, 1.165) is 6.42 Å². The molecule has 26 heavy (non-hydrogen) atoms. The van der Waals surface area contributed by atoms with Gasteiger partial charge in [0.25, 0.3) is 0 Å². The summed E-state index contributed by atoms with van der Waals surface area (Å²) in [5.74, 6) is 0.109. The molecule has 1 aromatic carbocycles. The Labute approximate surface area is 151 Å². The van der Waals surface area contributed by atoms with Crippen molar-refractivity contribution in [3.8, 4) is 0 Å². The third-order valence-corrected chi connectivity index (χ3v) is 3.67. The van der Waals surface area contributed by atoms with Crippen LogP contribution in [0.1, 0.15) is 39.2 Å². The van der Waals surface area contributed by atoms with Gasteiger partial charge in [0, 0.05) is 35.2 Å². The van der Waals surface area contributed by atoms with E-state index in [2.05, 4.69) is 5.32 Å². The monoisotopic (exact) mass is 361 g/mol. The Morgan fingerprint density at radius 2 is 1.96 bits per heavy atom. The summed E-state index contributed by atoms with van der Waals surface area (Å²) in [7, 11) is 0. The number of rotatable bonds is 7. The van der Waals surface area contributed by atoms with Gasteiger partial charge in [0.2, 0.25) is 0 Å². The van der Waals surface area contributed by atoms with E-state index >= 15 is 0 Å². The second-order valence-corrected chi connectivity index (χ2v) is 6.24. The first-order chi connectivity index (χ1) is 12.4. The molecule has 0 unspecified atom stereocenters. The van der Waals surface area contributed by atoms with E-state index < -0.39 is 11.7 Å². The van der Waals surface area contributed by atoms with E-state index in [1.54, 1.807) is 19.1 Å². The maximum absolute atomic E-state index is 11.8. The Kier molecular flexibility index (Phi) is 6.77. The van der Waals surface area contributed by atoms with Gasteiger partial charge in [-0.25, -0.2) is 9.59 Å². The highest BCUT2D eigenvalue weighted by molar-refractivity contribution is 5.90. The number of ether oxygens (including phenoxy) is 2. The van der Waals surface area contributed by atoms with Crippen LogP contribution in [0.15, 0.2) is 33.5 Å². The standard InChI is InChI=1S/C19H23NO6/c1-4-24-19(23)20-14-6-7-15-13(9-18(22)26-16(15)10-14)11-25-17(21)8-5-12(2)3/h6-7,9-10,12H,4-5,8,11H2,1-3H3,(H,20,23). The molecule has 0 fully saturated rings. The van der Waals surface area contributed by atoms with Gasteiger partial charge < -0.3 is 13.9 Å². The number of amides is 1. The Morgan fingerprint density at radius 1 is 1.19 bits per heavy atom. The molecule has 7 nitrogen and oxygen atoms in total. The van der Waals surface area contributed by atoms with Crippen LogP contribution in [0.25, 0.3) is 11.0 Å². The minimum absolute atomic E-state index is 0.0102. The predicted molar refractivity (Wildman–Crippen MR) is 97.0 cm³/mol. The maximum Gasteiger partial charge on any atom is 0.411 e. The van der Waals surface area contributed by atoms with Gasteiger partial charge in [0.15, 0.2) is 0 Å². The Morgan fingerprint density at radius 3 is 2.65 bits per heavy atom. The summed E-state index contributed by atoms with van der Waals surface area (Å²) >= 11 is 0. The highest BCUT2D eigenvalue weighted by Crippen LogP contribution is 2.22. The summed E-state index contributed by atoms with van der Waals surface area (Å²) in [6.45, 7) is 6.01. The molecule has 1 amide bonds. The number of carbonyl (C=O) groups is 2. The molecule has 1 heterocycles. The first kappa shape index (κ1) is 19.5. The van der Waals surface area contributed by atoms with Crippen LogP contribution in [0.3, 0.4) is 0 Å². The molecule has 0 aliphatic heterocycles. The van der Waals surface area contributed by atoms with Gasteiger partial charge in [0.1, 0.15) is 12.2 Å². The molecule has 0 atom stereocenters. The number of benzene rings is 1. The molecule has 0 radical (unpaired) electrons. The molecule has 0 saturated carbocycles. The van der Waals surface area contributed by atoms with Crippen molar-refractivity contribution in [3.05, 3.63) is 40.2 Å². The minimum atomic E-state index is -0.593. The van der Waals surface area contributed by atoms with E-state index in [0.29, 0.717) is 34.6 Å². The molecule has 1 N–H and O–H groups in total. The van der Waals surface area contributed by atoms with Crippen LogP contribution in [-0.4, -0.2) is 18.7 Å². The molecule has 0 saturated heterocycles. The largest absolute Gasteiger partial charge is 0.461 e. The molecule has 1 aromatic heterocycles. The van der Waals surface area contributed by atoms with E-state index in [4.69, 9.17) is 13.9 Å². The summed E-state index contributed by atoms with van der Waals surface area (Å²) in [5.41, 5.74) is 0.723. The molecule has 0 aliphatic carbocycles. The van der Waals surface area contributed by atoms with Crippen molar-refractivity contribution in [1.82, 2.24) is 0 Å². The van der Waals surface area contributed by atoms with Crippen LogP contribution in [0.2, 0.25) is 0 Å². The van der Waals surface area contributed by atoms with Gasteiger partial charge in [-0.1, -0.05) is 13.8 Å². The quantitative estimate of drug-likeness (QED) is 0.595. The van der Waals surface area contributed by atoms with E-state index in [1.165, 1.54) is 12.1 Å². The second-order valence-electron chi connectivity index (χ2n) is 6.24. The normalized spacial score (nSPS) is 10.8. The van der Waals surface area contributed by atoms with Crippen molar-refractivity contribution in [2.24, 2.45) is 5.92 Å². The van der Waals surface area contributed by atoms with Crippen molar-refractivity contribution in [1.29, 1.82) is 0 Å². The molecule has 140 valence electrons. The van der Waals surface area contributed by atoms with Crippen LogP contribution >= 0.6 is 0 Å². The highest BCUT2D eigenvalue weighted by atomic mass is 16.5. The van der Waals surface area contributed by atoms with Crippen LogP contribution in [-0.2, 0) is 20.9 Å². The van der Waals surface area contributed by atoms with Crippen molar-refractivity contribution in [3.63, 3.8) is 0 Å². The lowest BCUT2D eigenvalue weighted by Crippen LogP contribution is -2.13. The third-order valence-electron chi connectivity index (χ3n) is 3.67. The zero-order chi connectivity index (χ0) is 19.1. The van der Waals surface area contributed by atoms with Gasteiger partial charge in [-0.05, 0) is 31.4 Å². The van der Waals surface area contributed by atoms with Gasteiger partial charge in [-0.2, -0.15) is 0 Å². The summed E-state index contributed by atoms with van der Waals surface area (Å²) in [5, 5.41) is 3.18. The van der Waals surface area contributed by atoms with Crippen molar-refractivity contribution in [2.75, 3.05) is 11.9 Å². The number of esters is 1. The lowest BCUT2D eigenvalue weighted by Gasteiger charge is -2.10. The average molecular weight is 361 g/mol. The molecule has 7 heteroatoms. The summed E-state index contributed by atoms with van der Waals surface area (Å²) < 4.78 is 15.3. The van der Waals surface area contributed by atoms with Crippen LogP contribution in [0.4, 0.5) is 10.5 Å². The van der Waals surface area contributed by atoms with E-state index in [9.17, 15) is 14.4 Å². The zero-order valence-electron chi connectivity index (χ0n) is 15.2. The summed E-state index contributed by atoms with van der Waals surface area (Å²) in [6.07, 6.45) is 0.494. The number of carbonyl (C=O) groups excluding carboxylic acids is 2. The number of fused-ring (bicyclic) bond motifs is 1. The molecule has 0 spiro atoms. The van der Waals surface area contributed by atoms with E-state index in [1.807, 2.05) is 13.8 Å². The second kappa shape index (κ2) is 9.03. The molecule has 0 bridgehead atoms. The molecular weight excluding hydrogens is 338 g/mol. The SMILES string of the molecule is CCOC(=O)Nc1ccc2c(COC(=O)CCC(C)C)cc(=O)oc2c1. The molecule has 2 aromatic rings. The Bertz CT molecular complexity index is 840. The molecular formula is C19H23NO6. The van der Waals surface area contributed by atoms with Gasteiger partial charge in [0.05, 0.1) is 6.61 Å². The van der Waals surface area contributed by atoms with Crippen molar-refractivity contribution >= 4 is 28.7 Å². The minimum Gasteiger partial charge on any atom is -0.461 e. The fraction of sp³-hybridized carbons (Fsp3) is 0.421. The number of anilines is 1. The van der Waals surface area contributed by atoms with Crippen LogP contribution in [0.5, 0.6) is 0 Å². The van der Waals surface area contributed by atoms with Crippen molar-refractivity contribution < 1.29 is 23.5 Å². The fourth-order valence-electron chi connectivity index (χ4n) is 2.35. The number of hydrogen-bond acceptors (Lipinski definition) is 6. The first-order valence-corrected chi connectivity index (χ1v) is 8.55. The summed E-state index contributed by atoms with van der Waals surface area (Å²) in [4.78, 5) is 35.1. The lowest BCUT2D eigenvalue weighted by molar-refractivity contribution is -0.145. The van der Waals surface area contributed by atoms with Crippen molar-refractivity contribution in [2.45, 2.75) is 40.2 Å². The molecule has 2 rings (SSSR count). The average Bonchev–Trinajstić information content (AvgIpc) is 2.57. The third kappa shape index (κ3) is 5.61. The molecule has 0 aliphatic rings. The predicted octanol–water partition coefficient (Wildman–Crippen LogP) is 3.84. The smallest absolute Gasteiger partial charge is 0.411 e. The Balaban J connectivity index is 2.16. The van der Waals surface area contributed by atoms with Crippen LogP contribution < -0.4 is 10.9 Å². The zero-order valence-corrected chi connectivity index (χ0v) is 15.2. The van der Waals surface area contributed by atoms with Gasteiger partial charge >= 0.3 is 17.7 Å². The van der Waals surface area contributed by atoms with Gasteiger partial charge in [-0.3, -0.25) is 10.1 Å². The maximum atomic E-state index is 11.8. The topological polar surface area (TPSA) is 94.8 Å². The summed E-state index contributed by atoms with van der Waals surface area (Å²) in [6, 6.07) is 6.18. The lowest BCUT2D eigenvalue weighted by atomic mass is 10.1. The number of hydrogen-bond donors (Lipinski definition) is 1. The number of nitrogens with one attached hydrogen (secondary N) is 1. The fourth-order valence-corrected chi connectivity index (χ4v) is 2.35. The Hall–Kier alpha value is -2.83.